The molecule has 5 aliphatic carbocycles. The number of amides is 1. The van der Waals surface area contributed by atoms with Gasteiger partial charge in [0.25, 0.3) is 0 Å². The molecule has 17 nitrogen and oxygen atoms in total. The van der Waals surface area contributed by atoms with Gasteiger partial charge in [0.2, 0.25) is 5.91 Å². The standard InChI is InChI=1S/C48H79NO16/c1-23(50)49-32-36(56)35(55)28(22-62-41-38(34(54)27(52)21-61-41)65-40-37(57)33(53)26(51)20-60-40)63-39(32)64-31-12-13-45(6)29(44(31,4)5)11-14-47(8)30(45)10-9-24-25-19-43(2,3)15-17-48(25,42(58)59)18-16-46(24,47)7/h24-41,51-57H,9-22H2,1-8H3,(H,49,50)(H,58,59)/t24-,25+,26+,27+,28-,29+,30-,31-,32+,33+,34-,35-,36+,37-,38+,39+,40+,41+,45+,46-,47-,48+/m1/s1. The van der Waals surface area contributed by atoms with Crippen LogP contribution in [0.15, 0.2) is 0 Å². The highest BCUT2D eigenvalue weighted by molar-refractivity contribution is 5.75. The number of carbonyl (C=O) groups is 2. The lowest BCUT2D eigenvalue weighted by atomic mass is 9.31. The zero-order chi connectivity index (χ0) is 47.4. The Balaban J connectivity index is 0.981. The molecule has 17 heteroatoms. The number of hydrogen-bond donors (Lipinski definition) is 9. The van der Waals surface area contributed by atoms with Crippen molar-refractivity contribution in [2.75, 3.05) is 19.8 Å². The predicted molar refractivity (Wildman–Crippen MR) is 230 cm³/mol. The molecule has 0 spiro atoms. The van der Waals surface area contributed by atoms with Gasteiger partial charge >= 0.3 is 5.97 Å². The van der Waals surface area contributed by atoms with Gasteiger partial charge in [-0.1, -0.05) is 48.5 Å². The van der Waals surface area contributed by atoms with E-state index in [0.29, 0.717) is 18.3 Å². The lowest BCUT2D eigenvalue weighted by Crippen LogP contribution is -2.69. The normalized spacial score (nSPS) is 52.8. The van der Waals surface area contributed by atoms with E-state index in [1.54, 1.807) is 0 Å². The monoisotopic (exact) mass is 926 g/mol. The van der Waals surface area contributed by atoms with Gasteiger partial charge in [-0.25, -0.2) is 0 Å². The Bertz CT molecular complexity index is 1750. The molecule has 372 valence electrons. The molecule has 8 aliphatic rings. The summed E-state index contributed by atoms with van der Waals surface area (Å²) in [6.45, 7) is 16.8. The molecule has 0 aromatic carbocycles. The maximum atomic E-state index is 13.2. The van der Waals surface area contributed by atoms with Gasteiger partial charge < -0.3 is 74.6 Å². The topological polar surface area (TPSA) is 263 Å². The molecule has 3 aliphatic heterocycles. The Kier molecular flexibility index (Phi) is 13.6. The Labute approximate surface area is 383 Å². The highest BCUT2D eigenvalue weighted by atomic mass is 16.8. The van der Waals surface area contributed by atoms with E-state index < -0.39 is 104 Å². The Morgan fingerprint density at radius 3 is 1.98 bits per heavy atom. The molecule has 0 aromatic heterocycles. The number of hydrogen-bond acceptors (Lipinski definition) is 15. The maximum Gasteiger partial charge on any atom is 0.309 e. The Hall–Kier alpha value is -1.58. The molecule has 9 N–H and O–H groups in total. The minimum absolute atomic E-state index is 0.0116. The van der Waals surface area contributed by atoms with Crippen molar-refractivity contribution >= 4 is 11.9 Å². The quantitative estimate of drug-likeness (QED) is 0.150. The molecular formula is C48H79NO16. The largest absolute Gasteiger partial charge is 0.481 e. The third-order valence-corrected chi connectivity index (χ3v) is 19.6. The third-order valence-electron chi connectivity index (χ3n) is 19.6. The molecule has 22 atom stereocenters. The fourth-order valence-electron chi connectivity index (χ4n) is 15.7. The molecule has 0 unspecified atom stereocenters. The first-order valence-electron chi connectivity index (χ1n) is 24.4. The van der Waals surface area contributed by atoms with Crippen molar-refractivity contribution in [2.24, 2.45) is 56.2 Å². The van der Waals surface area contributed by atoms with Crippen molar-refractivity contribution < 1.29 is 78.9 Å². The number of ether oxygens (including phenoxy) is 6. The van der Waals surface area contributed by atoms with Crippen molar-refractivity contribution in [1.29, 1.82) is 0 Å². The summed E-state index contributed by atoms with van der Waals surface area (Å²) in [7, 11) is 0. The first kappa shape index (κ1) is 49.8. The highest BCUT2D eigenvalue weighted by Gasteiger charge is 2.71. The second kappa shape index (κ2) is 17.7. The fraction of sp³-hybridized carbons (Fsp3) is 0.958. The number of fused-ring (bicyclic) bond motifs is 7. The molecule has 8 rings (SSSR count). The van der Waals surface area contributed by atoms with E-state index >= 15 is 0 Å². The molecule has 8 fully saturated rings. The summed E-state index contributed by atoms with van der Waals surface area (Å²) in [4.78, 5) is 25.7. The van der Waals surface area contributed by atoms with Gasteiger partial charge in [-0.05, 0) is 121 Å². The summed E-state index contributed by atoms with van der Waals surface area (Å²) in [5, 5.41) is 88.4. The smallest absolute Gasteiger partial charge is 0.309 e. The van der Waals surface area contributed by atoms with Crippen LogP contribution in [0.25, 0.3) is 0 Å². The number of aliphatic hydroxyl groups is 7. The maximum absolute atomic E-state index is 13.2. The minimum Gasteiger partial charge on any atom is -0.481 e. The van der Waals surface area contributed by atoms with E-state index in [0.717, 1.165) is 64.2 Å². The summed E-state index contributed by atoms with van der Waals surface area (Å²) in [5.74, 6) is 0.170. The van der Waals surface area contributed by atoms with Crippen LogP contribution in [0, 0.1) is 56.2 Å². The lowest BCUT2D eigenvalue weighted by Gasteiger charge is -2.73. The second-order valence-electron chi connectivity index (χ2n) is 23.8. The van der Waals surface area contributed by atoms with E-state index in [2.05, 4.69) is 53.8 Å². The molecule has 65 heavy (non-hydrogen) atoms. The first-order chi connectivity index (χ1) is 30.3. The van der Waals surface area contributed by atoms with Gasteiger partial charge in [-0.15, -0.1) is 0 Å². The predicted octanol–water partition coefficient (Wildman–Crippen LogP) is 2.21. The van der Waals surface area contributed by atoms with Gasteiger partial charge in [0.05, 0.1) is 31.3 Å². The van der Waals surface area contributed by atoms with E-state index in [4.69, 9.17) is 28.4 Å². The van der Waals surface area contributed by atoms with Crippen molar-refractivity contribution in [3.63, 3.8) is 0 Å². The van der Waals surface area contributed by atoms with E-state index in [9.17, 15) is 50.4 Å². The van der Waals surface area contributed by atoms with Gasteiger partial charge in [-0.3, -0.25) is 9.59 Å². The van der Waals surface area contributed by atoms with Crippen LogP contribution in [-0.4, -0.2) is 159 Å². The SMILES string of the molecule is CC(=O)N[C@@H]1[C@H](O[C@@H]2CC[C@]3(C)[C@H]4CC[C@@H]5[C@@H]6CC(C)(C)CC[C@]6(C(=O)O)CC[C@@]5(C)[C@]4(C)CC[C@H]3C2(C)C)O[C@H](CO[C@@H]2OC[C@H](O)[C@@H](O)[C@@H]2O[C@@H]2OC[C@H](O)[C@H](O)[C@H]2O)[C@@H](O)[C@H]1O. The molecule has 0 bridgehead atoms. The summed E-state index contributed by atoms with van der Waals surface area (Å²) >= 11 is 0. The molecular weight excluding hydrogens is 847 g/mol. The van der Waals surface area contributed by atoms with Gasteiger partial charge in [0.15, 0.2) is 18.9 Å². The van der Waals surface area contributed by atoms with Crippen LogP contribution in [0.1, 0.15) is 126 Å². The van der Waals surface area contributed by atoms with Gasteiger partial charge in [0.1, 0.15) is 61.0 Å². The van der Waals surface area contributed by atoms with Crippen LogP contribution >= 0.6 is 0 Å². The van der Waals surface area contributed by atoms with Crippen molar-refractivity contribution in [3.05, 3.63) is 0 Å². The summed E-state index contributed by atoms with van der Waals surface area (Å²) in [6, 6.07) is -1.13. The van der Waals surface area contributed by atoms with Crippen LogP contribution in [0.4, 0.5) is 0 Å². The van der Waals surface area contributed by atoms with E-state index in [1.807, 2.05) is 0 Å². The van der Waals surface area contributed by atoms with E-state index in [-0.39, 0.29) is 58.2 Å². The third kappa shape index (κ3) is 8.23. The van der Waals surface area contributed by atoms with Crippen LogP contribution < -0.4 is 5.32 Å². The van der Waals surface area contributed by atoms with Crippen LogP contribution in [0.5, 0.6) is 0 Å². The second-order valence-corrected chi connectivity index (χ2v) is 23.8. The molecule has 0 radical (unpaired) electrons. The van der Waals surface area contributed by atoms with Crippen molar-refractivity contribution in [2.45, 2.75) is 212 Å². The zero-order valence-electron chi connectivity index (χ0n) is 39.6. The zero-order valence-corrected chi connectivity index (χ0v) is 39.6. The summed E-state index contributed by atoms with van der Waals surface area (Å²) in [5.41, 5.74) is -0.878. The van der Waals surface area contributed by atoms with Crippen LogP contribution in [0.2, 0.25) is 0 Å². The Morgan fingerprint density at radius 1 is 0.646 bits per heavy atom. The minimum atomic E-state index is -1.70. The number of carboxylic acid groups (broad SMARTS) is 1. The van der Waals surface area contributed by atoms with Gasteiger partial charge in [0, 0.05) is 6.92 Å². The van der Waals surface area contributed by atoms with Crippen LogP contribution in [-0.2, 0) is 38.0 Å². The lowest BCUT2D eigenvalue weighted by molar-refractivity contribution is -0.352. The number of carboxylic acids is 1. The average Bonchev–Trinajstić information content (AvgIpc) is 3.23. The molecule has 5 saturated carbocycles. The van der Waals surface area contributed by atoms with Crippen molar-refractivity contribution in [1.82, 2.24) is 5.32 Å². The summed E-state index contributed by atoms with van der Waals surface area (Å²) in [6.07, 6.45) is -7.90. The Morgan fingerprint density at radius 2 is 1.31 bits per heavy atom. The fourth-order valence-corrected chi connectivity index (χ4v) is 15.7. The highest BCUT2D eigenvalue weighted by Crippen LogP contribution is 2.77. The van der Waals surface area contributed by atoms with Gasteiger partial charge in [-0.2, -0.15) is 0 Å². The molecule has 0 aromatic rings. The molecule has 1 amide bonds. The van der Waals surface area contributed by atoms with E-state index in [1.165, 1.54) is 6.92 Å². The first-order valence-corrected chi connectivity index (χ1v) is 24.4. The molecule has 3 heterocycles. The number of rotatable bonds is 9. The number of carbonyl (C=O) groups excluding carboxylic acids is 1. The van der Waals surface area contributed by atoms with Crippen molar-refractivity contribution in [3.8, 4) is 0 Å². The number of aliphatic carboxylic acids is 1. The summed E-state index contributed by atoms with van der Waals surface area (Å²) < 4.78 is 36.1. The average molecular weight is 926 g/mol. The number of nitrogens with one attached hydrogen (secondary N) is 1. The molecule has 3 saturated heterocycles. The van der Waals surface area contributed by atoms with Crippen LogP contribution in [0.3, 0.4) is 0 Å². The number of aliphatic hydroxyl groups excluding tert-OH is 7.